The average molecular weight is 542 g/mol. The zero-order chi connectivity index (χ0) is 23.1. The smallest absolute Gasteiger partial charge is 0.283 e. The Bertz CT molecular complexity index is 1630. The van der Waals surface area contributed by atoms with E-state index in [4.69, 9.17) is 16.6 Å². The number of hydrogen-bond donors (Lipinski definition) is 1. The number of halogens is 2. The maximum absolute atomic E-state index is 13.6. The van der Waals surface area contributed by atoms with Crippen molar-refractivity contribution in [3.05, 3.63) is 99.0 Å². The third-order valence-corrected chi connectivity index (χ3v) is 6.56. The van der Waals surface area contributed by atoms with Gasteiger partial charge in [-0.25, -0.2) is 18.4 Å². The third kappa shape index (κ3) is 3.99. The van der Waals surface area contributed by atoms with Crippen molar-refractivity contribution < 1.29 is 8.42 Å². The molecule has 0 spiro atoms. The van der Waals surface area contributed by atoms with Crippen molar-refractivity contribution in [1.29, 1.82) is 0 Å². The van der Waals surface area contributed by atoms with Crippen LogP contribution in [-0.2, 0) is 10.7 Å². The van der Waals surface area contributed by atoms with Crippen LogP contribution < -0.4 is 5.56 Å². The molecule has 10 heteroatoms. The second-order valence-electron chi connectivity index (χ2n) is 7.12. The minimum atomic E-state index is -2.76. The Kier molecular flexibility index (Phi) is 5.61. The monoisotopic (exact) mass is 540 g/mol. The van der Waals surface area contributed by atoms with Gasteiger partial charge in [-0.15, -0.1) is 0 Å². The van der Waals surface area contributed by atoms with Crippen LogP contribution in [0.3, 0.4) is 0 Å². The van der Waals surface area contributed by atoms with E-state index in [2.05, 4.69) is 20.9 Å². The standard InChI is InChI=1S/C23H14BrClN4O3S/c24-15-6-4-14(5-7-15)21-27-22-20(23(30)29(21)17-10-8-16(25)9-11-17)26-13-28(22)18-2-1-3-19(12-18)33(31)32/h1-13,33H. The Hall–Kier alpha value is -3.27. The van der Waals surface area contributed by atoms with Crippen LogP contribution >= 0.6 is 27.5 Å². The highest BCUT2D eigenvalue weighted by molar-refractivity contribution is 9.10. The van der Waals surface area contributed by atoms with Crippen LogP contribution in [0.5, 0.6) is 0 Å². The van der Waals surface area contributed by atoms with Gasteiger partial charge in [0, 0.05) is 20.7 Å². The molecule has 5 aromatic rings. The van der Waals surface area contributed by atoms with E-state index < -0.39 is 10.7 Å². The molecule has 0 bridgehead atoms. The second kappa shape index (κ2) is 8.58. The van der Waals surface area contributed by atoms with Crippen molar-refractivity contribution in [1.82, 2.24) is 19.1 Å². The van der Waals surface area contributed by atoms with Gasteiger partial charge in [0.2, 0.25) is 0 Å². The first-order valence-electron chi connectivity index (χ1n) is 9.69. The third-order valence-electron chi connectivity index (χ3n) is 5.08. The molecule has 2 aromatic heterocycles. The van der Waals surface area contributed by atoms with Gasteiger partial charge >= 0.3 is 0 Å². The van der Waals surface area contributed by atoms with Crippen molar-refractivity contribution in [3.8, 4) is 22.8 Å². The van der Waals surface area contributed by atoms with Crippen LogP contribution in [0.2, 0.25) is 5.02 Å². The fourth-order valence-electron chi connectivity index (χ4n) is 3.52. The van der Waals surface area contributed by atoms with Gasteiger partial charge in [0.15, 0.2) is 21.9 Å². The Labute approximate surface area is 203 Å². The van der Waals surface area contributed by atoms with Crippen LogP contribution in [0.15, 0.2) is 93.3 Å². The summed E-state index contributed by atoms with van der Waals surface area (Å²) >= 11 is 9.48. The zero-order valence-electron chi connectivity index (χ0n) is 16.7. The van der Waals surface area contributed by atoms with E-state index in [1.165, 1.54) is 23.0 Å². The number of fused-ring (bicyclic) bond motifs is 1. The maximum Gasteiger partial charge on any atom is 0.286 e. The van der Waals surface area contributed by atoms with Crippen molar-refractivity contribution in [2.45, 2.75) is 4.90 Å². The summed E-state index contributed by atoms with van der Waals surface area (Å²) in [6.45, 7) is 0. The van der Waals surface area contributed by atoms with E-state index in [1.807, 2.05) is 24.3 Å². The summed E-state index contributed by atoms with van der Waals surface area (Å²) in [6.07, 6.45) is 1.47. The molecule has 164 valence electrons. The summed E-state index contributed by atoms with van der Waals surface area (Å²) in [5.74, 6) is 0.412. The summed E-state index contributed by atoms with van der Waals surface area (Å²) in [5, 5.41) is 0.548. The number of rotatable bonds is 4. The molecule has 3 aromatic carbocycles. The SMILES string of the molecule is O=c1c2ncn(-c3cccc([SH](=O)=O)c3)c2nc(-c2ccc(Br)cc2)n1-c1ccc(Cl)cc1. The van der Waals surface area contributed by atoms with E-state index >= 15 is 0 Å². The van der Waals surface area contributed by atoms with Crippen LogP contribution in [0.1, 0.15) is 0 Å². The summed E-state index contributed by atoms with van der Waals surface area (Å²) in [7, 11) is -2.76. The van der Waals surface area contributed by atoms with Gasteiger partial charge in [-0.3, -0.25) is 13.9 Å². The largest absolute Gasteiger partial charge is 0.286 e. The molecule has 0 atom stereocenters. The normalized spacial score (nSPS) is 11.4. The van der Waals surface area contributed by atoms with Gasteiger partial charge in [-0.2, -0.15) is 0 Å². The topological polar surface area (TPSA) is 86.8 Å². The molecule has 0 aliphatic rings. The lowest BCUT2D eigenvalue weighted by molar-refractivity contribution is 0.614. The molecule has 0 unspecified atom stereocenters. The molecule has 0 amide bonds. The van der Waals surface area contributed by atoms with Crippen LogP contribution in [0, 0.1) is 0 Å². The van der Waals surface area contributed by atoms with E-state index in [0.29, 0.717) is 27.9 Å². The van der Waals surface area contributed by atoms with Gasteiger partial charge in [-0.1, -0.05) is 45.7 Å². The number of nitrogens with zero attached hydrogens (tertiary/aromatic N) is 4. The molecule has 2 heterocycles. The minimum absolute atomic E-state index is 0.155. The Morgan fingerprint density at radius 2 is 1.64 bits per heavy atom. The molecular formula is C23H14BrClN4O3S. The van der Waals surface area contributed by atoms with Crippen LogP contribution in [0.25, 0.3) is 33.9 Å². The molecule has 0 saturated carbocycles. The maximum atomic E-state index is 13.6. The molecule has 0 saturated heterocycles. The summed E-state index contributed by atoms with van der Waals surface area (Å²) in [4.78, 5) is 22.9. The molecule has 7 nitrogen and oxygen atoms in total. The molecule has 5 rings (SSSR count). The predicted molar refractivity (Wildman–Crippen MR) is 131 cm³/mol. The molecule has 33 heavy (non-hydrogen) atoms. The second-order valence-corrected chi connectivity index (χ2v) is 9.51. The lowest BCUT2D eigenvalue weighted by atomic mass is 10.2. The van der Waals surface area contributed by atoms with Gasteiger partial charge in [0.25, 0.3) is 5.56 Å². The number of thiol groups is 1. The minimum Gasteiger partial charge on any atom is -0.283 e. The van der Waals surface area contributed by atoms with Crippen molar-refractivity contribution in [3.63, 3.8) is 0 Å². The summed E-state index contributed by atoms with van der Waals surface area (Å²) in [6, 6.07) is 20.7. The fraction of sp³-hybridized carbons (Fsp3) is 0. The number of aromatic nitrogens is 4. The number of hydrogen-bond acceptors (Lipinski definition) is 5. The Morgan fingerprint density at radius 1 is 0.909 bits per heavy atom. The zero-order valence-corrected chi connectivity index (χ0v) is 20.0. The van der Waals surface area contributed by atoms with Crippen molar-refractivity contribution in [2.24, 2.45) is 0 Å². The van der Waals surface area contributed by atoms with Gasteiger partial charge in [0.1, 0.15) is 12.2 Å². The summed E-state index contributed by atoms with van der Waals surface area (Å²) in [5.41, 5.74) is 1.97. The van der Waals surface area contributed by atoms with E-state index in [1.54, 1.807) is 41.0 Å². The van der Waals surface area contributed by atoms with Gasteiger partial charge in [0.05, 0.1) is 10.6 Å². The Morgan fingerprint density at radius 3 is 2.33 bits per heavy atom. The van der Waals surface area contributed by atoms with Crippen LogP contribution in [0.4, 0.5) is 0 Å². The van der Waals surface area contributed by atoms with Crippen LogP contribution in [-0.4, -0.2) is 27.5 Å². The fourth-order valence-corrected chi connectivity index (χ4v) is 4.36. The van der Waals surface area contributed by atoms with Gasteiger partial charge in [-0.05, 0) is 54.6 Å². The molecular weight excluding hydrogens is 528 g/mol. The molecule has 0 fully saturated rings. The lowest BCUT2D eigenvalue weighted by Crippen LogP contribution is -2.22. The predicted octanol–water partition coefficient (Wildman–Crippen LogP) is 4.62. The first-order valence-corrected chi connectivity index (χ1v) is 12.0. The van der Waals surface area contributed by atoms with Crippen molar-refractivity contribution >= 4 is 49.4 Å². The molecule has 0 N–H and O–H groups in total. The van der Waals surface area contributed by atoms with E-state index in [-0.39, 0.29) is 16.0 Å². The number of benzene rings is 3. The first kappa shape index (κ1) is 21.6. The lowest BCUT2D eigenvalue weighted by Gasteiger charge is -2.13. The summed E-state index contributed by atoms with van der Waals surface area (Å²) < 4.78 is 26.9. The highest BCUT2D eigenvalue weighted by Gasteiger charge is 2.19. The quantitative estimate of drug-likeness (QED) is 0.336. The molecule has 0 aliphatic heterocycles. The number of imidazole rings is 1. The average Bonchev–Trinajstić information content (AvgIpc) is 3.25. The van der Waals surface area contributed by atoms with E-state index in [9.17, 15) is 13.2 Å². The highest BCUT2D eigenvalue weighted by atomic mass is 79.9. The molecule has 0 radical (unpaired) electrons. The highest BCUT2D eigenvalue weighted by Crippen LogP contribution is 2.25. The van der Waals surface area contributed by atoms with Gasteiger partial charge < -0.3 is 0 Å². The first-order chi connectivity index (χ1) is 15.9. The van der Waals surface area contributed by atoms with E-state index in [0.717, 1.165) is 10.0 Å². The molecule has 0 aliphatic carbocycles. The Balaban J connectivity index is 1.83. The van der Waals surface area contributed by atoms with Crippen molar-refractivity contribution in [2.75, 3.05) is 0 Å².